The van der Waals surface area contributed by atoms with Gasteiger partial charge >= 0.3 is 0 Å². The van der Waals surface area contributed by atoms with Crippen LogP contribution in [0.25, 0.3) is 0 Å². The maximum Gasteiger partial charge on any atom is 0.224 e. The minimum absolute atomic E-state index is 0.0437. The summed E-state index contributed by atoms with van der Waals surface area (Å²) in [4.78, 5) is 32.5. The van der Waals surface area contributed by atoms with Crippen molar-refractivity contribution in [2.24, 2.45) is 0 Å². The minimum atomic E-state index is -1.48. The van der Waals surface area contributed by atoms with Gasteiger partial charge in [0.1, 0.15) is 4.87 Å². The van der Waals surface area contributed by atoms with Crippen molar-refractivity contribution in [1.29, 1.82) is 0 Å². The summed E-state index contributed by atoms with van der Waals surface area (Å²) in [6.07, 6.45) is 0.146. The topological polar surface area (TPSA) is 101 Å². The molecule has 0 unspecified atom stereocenters. The number of hydrogen-bond acceptors (Lipinski definition) is 6. The first-order valence-corrected chi connectivity index (χ1v) is 5.36. The monoisotopic (exact) mass is 229 g/mol. The van der Waals surface area contributed by atoms with Gasteiger partial charge in [-0.25, -0.2) is 0 Å². The molecule has 2 heterocycles. The predicted octanol–water partition coefficient (Wildman–Crippen LogP) is -3.08. The van der Waals surface area contributed by atoms with Gasteiger partial charge in [0.15, 0.2) is 0 Å². The highest BCUT2D eigenvalue weighted by molar-refractivity contribution is 8.01. The summed E-state index contributed by atoms with van der Waals surface area (Å²) in [5, 5.41) is 21.7. The molecular weight excluding hydrogens is 222 g/mol. The molecule has 82 valence electrons. The molecule has 0 spiro atoms. The normalized spacial score (nSPS) is 34.3. The van der Waals surface area contributed by atoms with Crippen LogP contribution < -0.4 is 10.2 Å². The Bertz CT molecular complexity index is 357. The molecule has 2 atom stereocenters. The summed E-state index contributed by atoms with van der Waals surface area (Å²) in [5.41, 5.74) is 0. The van der Waals surface area contributed by atoms with Crippen LogP contribution in [0.4, 0.5) is 0 Å². The van der Waals surface area contributed by atoms with Crippen LogP contribution in [-0.2, 0) is 14.4 Å². The van der Waals surface area contributed by atoms with Crippen molar-refractivity contribution >= 4 is 29.6 Å². The molecule has 2 rings (SSSR count). The van der Waals surface area contributed by atoms with Gasteiger partial charge in [-0.05, 0) is 6.42 Å². The second-order valence-electron chi connectivity index (χ2n) is 3.48. The third kappa shape index (κ3) is 1.22. The molecule has 0 aromatic heterocycles. The van der Waals surface area contributed by atoms with Crippen LogP contribution in [0.2, 0.25) is 0 Å². The van der Waals surface area contributed by atoms with E-state index in [1.807, 2.05) is 0 Å². The molecule has 0 aliphatic carbocycles. The van der Waals surface area contributed by atoms with E-state index in [0.29, 0.717) is 0 Å². The highest BCUT2D eigenvalue weighted by Crippen LogP contribution is 2.47. The molecule has 6 nitrogen and oxygen atoms in total. The van der Waals surface area contributed by atoms with Gasteiger partial charge in [-0.15, -0.1) is 11.8 Å². The first-order chi connectivity index (χ1) is 6.99. The molecule has 1 amide bonds. The number of rotatable bonds is 2. The average molecular weight is 229 g/mol. The van der Waals surface area contributed by atoms with E-state index in [9.17, 15) is 24.6 Å². The summed E-state index contributed by atoms with van der Waals surface area (Å²) in [5.74, 6) is -3.23. The number of carbonyl (C=O) groups is 3. The Labute approximate surface area is 89.2 Å². The Morgan fingerprint density at radius 1 is 1.47 bits per heavy atom. The van der Waals surface area contributed by atoms with Crippen LogP contribution in [0.5, 0.6) is 0 Å². The summed E-state index contributed by atoms with van der Waals surface area (Å²) >= 11 is 0.931. The highest BCUT2D eigenvalue weighted by atomic mass is 32.2. The predicted molar refractivity (Wildman–Crippen MR) is 45.1 cm³/mol. The maximum absolute atomic E-state index is 11.4. The maximum atomic E-state index is 11.4. The molecule has 0 radical (unpaired) electrons. The zero-order valence-electron chi connectivity index (χ0n) is 7.60. The van der Waals surface area contributed by atoms with E-state index >= 15 is 0 Å². The lowest BCUT2D eigenvalue weighted by Crippen LogP contribution is -2.58. The van der Waals surface area contributed by atoms with E-state index in [1.165, 1.54) is 0 Å². The number of nitrogens with zero attached hydrogens (tertiary/aromatic N) is 1. The van der Waals surface area contributed by atoms with Crippen molar-refractivity contribution in [2.75, 3.05) is 5.75 Å². The quantitative estimate of drug-likeness (QED) is 0.497. The molecule has 15 heavy (non-hydrogen) atoms. The van der Waals surface area contributed by atoms with Gasteiger partial charge in [0, 0.05) is 12.2 Å². The van der Waals surface area contributed by atoms with Crippen LogP contribution >= 0.6 is 11.8 Å². The number of aliphatic carboxylic acids is 2. The Morgan fingerprint density at radius 3 is 2.67 bits per heavy atom. The van der Waals surface area contributed by atoms with E-state index < -0.39 is 28.8 Å². The first-order valence-electron chi connectivity index (χ1n) is 4.37. The van der Waals surface area contributed by atoms with Gasteiger partial charge in [-0.3, -0.25) is 4.79 Å². The summed E-state index contributed by atoms with van der Waals surface area (Å²) < 4.78 is 0. The third-order valence-corrected chi connectivity index (χ3v) is 4.25. The van der Waals surface area contributed by atoms with Gasteiger partial charge in [0.05, 0.1) is 18.0 Å². The van der Waals surface area contributed by atoms with E-state index in [-0.39, 0.29) is 18.6 Å². The Morgan fingerprint density at radius 2 is 2.13 bits per heavy atom. The van der Waals surface area contributed by atoms with Crippen molar-refractivity contribution in [3.8, 4) is 0 Å². The van der Waals surface area contributed by atoms with E-state index in [1.54, 1.807) is 0 Å². The van der Waals surface area contributed by atoms with Crippen LogP contribution in [0.15, 0.2) is 0 Å². The lowest BCUT2D eigenvalue weighted by atomic mass is 10.2. The number of thioether (sulfide) groups is 1. The zero-order chi connectivity index (χ0) is 11.2. The standard InChI is InChI=1S/C8H9NO5S/c10-5-1-2-8(7(13)14)9(5)4(3-15-8)6(11)12/h4H,1-3H2,(H,11,12)(H,13,14)/p-2/t4-,8-/m0/s1. The molecule has 0 saturated carbocycles. The summed E-state index contributed by atoms with van der Waals surface area (Å²) in [7, 11) is 0. The number of carboxylic acids is 2. The highest BCUT2D eigenvalue weighted by Gasteiger charge is 2.55. The molecule has 2 saturated heterocycles. The molecule has 0 aromatic rings. The fourth-order valence-electron chi connectivity index (χ4n) is 2.01. The van der Waals surface area contributed by atoms with Gasteiger partial charge in [0.25, 0.3) is 0 Å². The van der Waals surface area contributed by atoms with Crippen LogP contribution in [0, 0.1) is 0 Å². The Kier molecular flexibility index (Phi) is 2.14. The SMILES string of the molecule is O=C([O-])[C@@H]1CS[C@]2(C(=O)[O-])CCC(=O)N12. The van der Waals surface area contributed by atoms with E-state index in [0.717, 1.165) is 16.7 Å². The number of amides is 1. The molecule has 2 fully saturated rings. The third-order valence-electron chi connectivity index (χ3n) is 2.72. The second-order valence-corrected chi connectivity index (χ2v) is 4.78. The van der Waals surface area contributed by atoms with Crippen molar-refractivity contribution in [1.82, 2.24) is 4.90 Å². The zero-order valence-corrected chi connectivity index (χ0v) is 8.41. The molecular formula is C8H7NO5S-2. The van der Waals surface area contributed by atoms with Gasteiger partial charge in [-0.1, -0.05) is 0 Å². The van der Waals surface area contributed by atoms with Crippen LogP contribution in [0.3, 0.4) is 0 Å². The van der Waals surface area contributed by atoms with Crippen molar-refractivity contribution in [2.45, 2.75) is 23.8 Å². The first kappa shape index (κ1) is 10.3. The number of carbonyl (C=O) groups excluding carboxylic acids is 3. The molecule has 0 N–H and O–H groups in total. The average Bonchev–Trinajstić information content (AvgIpc) is 2.66. The largest absolute Gasteiger partial charge is 0.548 e. The van der Waals surface area contributed by atoms with Gasteiger partial charge in [0.2, 0.25) is 5.91 Å². The molecule has 0 aromatic carbocycles. The molecule has 0 bridgehead atoms. The van der Waals surface area contributed by atoms with E-state index in [4.69, 9.17) is 0 Å². The van der Waals surface area contributed by atoms with Crippen LogP contribution in [-0.4, -0.2) is 39.4 Å². The molecule has 2 aliphatic rings. The fraction of sp³-hybridized carbons (Fsp3) is 0.625. The summed E-state index contributed by atoms with van der Waals surface area (Å²) in [6, 6.07) is -1.15. The molecule has 2 aliphatic heterocycles. The smallest absolute Gasteiger partial charge is 0.224 e. The number of fused-ring (bicyclic) bond motifs is 1. The summed E-state index contributed by atoms with van der Waals surface area (Å²) in [6.45, 7) is 0. The van der Waals surface area contributed by atoms with E-state index in [2.05, 4.69) is 0 Å². The van der Waals surface area contributed by atoms with Gasteiger partial charge < -0.3 is 24.7 Å². The van der Waals surface area contributed by atoms with Crippen molar-refractivity contribution in [3.05, 3.63) is 0 Å². The Hall–Kier alpha value is -1.24. The fourth-order valence-corrected chi connectivity index (χ4v) is 3.46. The van der Waals surface area contributed by atoms with Gasteiger partial charge in [-0.2, -0.15) is 0 Å². The van der Waals surface area contributed by atoms with Crippen molar-refractivity contribution in [3.63, 3.8) is 0 Å². The lowest BCUT2D eigenvalue weighted by Gasteiger charge is -2.34. The number of hydrogen-bond donors (Lipinski definition) is 0. The number of carboxylic acid groups (broad SMARTS) is 2. The van der Waals surface area contributed by atoms with Crippen molar-refractivity contribution < 1.29 is 24.6 Å². The van der Waals surface area contributed by atoms with Crippen LogP contribution in [0.1, 0.15) is 12.8 Å². The second kappa shape index (κ2) is 3.13. The molecule has 7 heteroatoms. The lowest BCUT2D eigenvalue weighted by molar-refractivity contribution is -0.317. The minimum Gasteiger partial charge on any atom is -0.548 e. The Balaban J connectivity index is 2.39.